The van der Waals surface area contributed by atoms with Gasteiger partial charge in [0.05, 0.1) is 17.4 Å². The standard InChI is InChI=1S/C24H18ClN3O5/c1-14(29)32-19-8-6-17(7-9-19)27-23(30)20-21(15-10-12-26-13-11-15)28(33-22(20)24(27)31)18-4-2-16(25)3-5-18/h2-13,20-22H,1H3. The first-order valence-electron chi connectivity index (χ1n) is 10.2. The fourth-order valence-corrected chi connectivity index (χ4v) is 4.34. The summed E-state index contributed by atoms with van der Waals surface area (Å²) in [5.41, 5.74) is 1.85. The number of esters is 1. The third kappa shape index (κ3) is 3.73. The molecule has 5 rings (SSSR count). The number of fused-ring (bicyclic) bond motifs is 1. The Labute approximate surface area is 194 Å². The summed E-state index contributed by atoms with van der Waals surface area (Å²) < 4.78 is 5.03. The minimum atomic E-state index is -0.987. The van der Waals surface area contributed by atoms with Gasteiger partial charge in [-0.05, 0) is 66.2 Å². The lowest BCUT2D eigenvalue weighted by atomic mass is 9.91. The zero-order valence-electron chi connectivity index (χ0n) is 17.4. The molecule has 2 aromatic carbocycles. The van der Waals surface area contributed by atoms with Crippen LogP contribution in [0.1, 0.15) is 18.5 Å². The number of ether oxygens (including phenoxy) is 1. The van der Waals surface area contributed by atoms with E-state index in [1.165, 1.54) is 19.1 Å². The molecule has 3 atom stereocenters. The maximum absolute atomic E-state index is 13.6. The molecule has 166 valence electrons. The van der Waals surface area contributed by atoms with E-state index in [0.29, 0.717) is 22.1 Å². The molecule has 8 nitrogen and oxygen atoms in total. The van der Waals surface area contributed by atoms with Crippen LogP contribution in [0.2, 0.25) is 5.02 Å². The molecule has 0 saturated carbocycles. The zero-order valence-corrected chi connectivity index (χ0v) is 18.2. The van der Waals surface area contributed by atoms with Crippen LogP contribution >= 0.6 is 11.6 Å². The van der Waals surface area contributed by atoms with Crippen LogP contribution < -0.4 is 14.7 Å². The maximum atomic E-state index is 13.6. The van der Waals surface area contributed by atoms with Crippen LogP contribution in [0.25, 0.3) is 0 Å². The monoisotopic (exact) mass is 463 g/mol. The molecule has 0 aliphatic carbocycles. The van der Waals surface area contributed by atoms with E-state index in [9.17, 15) is 14.4 Å². The Hall–Kier alpha value is -3.75. The van der Waals surface area contributed by atoms with Gasteiger partial charge in [0.1, 0.15) is 11.7 Å². The number of imide groups is 1. The molecule has 2 aliphatic heterocycles. The molecule has 9 heteroatoms. The molecular formula is C24H18ClN3O5. The highest BCUT2D eigenvalue weighted by Crippen LogP contribution is 2.47. The number of hydrogen-bond acceptors (Lipinski definition) is 7. The molecule has 3 heterocycles. The topological polar surface area (TPSA) is 89.0 Å². The number of anilines is 2. The van der Waals surface area contributed by atoms with E-state index < -0.39 is 29.9 Å². The molecule has 33 heavy (non-hydrogen) atoms. The Balaban J connectivity index is 1.51. The minimum Gasteiger partial charge on any atom is -0.427 e. The molecule has 0 bridgehead atoms. The van der Waals surface area contributed by atoms with Crippen LogP contribution in [0.15, 0.2) is 73.1 Å². The molecule has 1 aromatic heterocycles. The van der Waals surface area contributed by atoms with Crippen LogP contribution in [-0.2, 0) is 19.2 Å². The summed E-state index contributed by atoms with van der Waals surface area (Å²) in [6, 6.07) is 16.2. The van der Waals surface area contributed by atoms with Gasteiger partial charge >= 0.3 is 5.97 Å². The Kier molecular flexibility index (Phi) is 5.32. The van der Waals surface area contributed by atoms with Gasteiger partial charge in [0.25, 0.3) is 5.91 Å². The highest BCUT2D eigenvalue weighted by molar-refractivity contribution is 6.30. The number of hydrogen-bond donors (Lipinski definition) is 0. The molecule has 3 aromatic rings. The van der Waals surface area contributed by atoms with Crippen LogP contribution in [0.3, 0.4) is 0 Å². The first-order chi connectivity index (χ1) is 15.9. The number of rotatable bonds is 4. The van der Waals surface area contributed by atoms with Gasteiger partial charge in [0.15, 0.2) is 6.10 Å². The lowest BCUT2D eigenvalue weighted by Crippen LogP contribution is -2.37. The number of halogens is 1. The predicted octanol–water partition coefficient (Wildman–Crippen LogP) is 3.71. The fourth-order valence-electron chi connectivity index (χ4n) is 4.21. The third-order valence-corrected chi connectivity index (χ3v) is 5.85. The molecule has 0 radical (unpaired) electrons. The van der Waals surface area contributed by atoms with Crippen molar-refractivity contribution < 1.29 is 24.0 Å². The predicted molar refractivity (Wildman–Crippen MR) is 120 cm³/mol. The summed E-state index contributed by atoms with van der Waals surface area (Å²) >= 11 is 6.03. The fraction of sp³-hybridized carbons (Fsp3) is 0.167. The summed E-state index contributed by atoms with van der Waals surface area (Å²) in [6.45, 7) is 1.30. The van der Waals surface area contributed by atoms with Crippen molar-refractivity contribution in [3.63, 3.8) is 0 Å². The zero-order chi connectivity index (χ0) is 23.1. The van der Waals surface area contributed by atoms with Crippen molar-refractivity contribution >= 4 is 40.8 Å². The van der Waals surface area contributed by atoms with Crippen molar-refractivity contribution in [2.75, 3.05) is 9.96 Å². The van der Waals surface area contributed by atoms with Gasteiger partial charge in [0.2, 0.25) is 5.91 Å². The van der Waals surface area contributed by atoms with E-state index >= 15 is 0 Å². The van der Waals surface area contributed by atoms with Gasteiger partial charge in [-0.25, -0.2) is 9.96 Å². The molecular weight excluding hydrogens is 446 g/mol. The number of amides is 2. The highest BCUT2D eigenvalue weighted by Gasteiger charge is 2.60. The molecule has 2 amide bonds. The van der Waals surface area contributed by atoms with Crippen LogP contribution in [0.5, 0.6) is 5.75 Å². The van der Waals surface area contributed by atoms with E-state index in [-0.39, 0.29) is 5.91 Å². The second-order valence-electron chi connectivity index (χ2n) is 7.68. The van der Waals surface area contributed by atoms with Crippen molar-refractivity contribution in [1.82, 2.24) is 4.98 Å². The Morgan fingerprint density at radius 3 is 2.21 bits per heavy atom. The number of hydroxylamine groups is 1. The summed E-state index contributed by atoms with van der Waals surface area (Å²) in [5, 5.41) is 2.16. The van der Waals surface area contributed by atoms with Crippen molar-refractivity contribution in [2.24, 2.45) is 5.92 Å². The number of carbonyl (C=O) groups is 3. The SMILES string of the molecule is CC(=O)Oc1ccc(N2C(=O)C3ON(c4ccc(Cl)cc4)C(c4ccncc4)C3C2=O)cc1. The van der Waals surface area contributed by atoms with E-state index in [2.05, 4.69) is 4.98 Å². The van der Waals surface area contributed by atoms with Crippen LogP contribution in [0, 0.1) is 5.92 Å². The first kappa shape index (κ1) is 21.1. The highest BCUT2D eigenvalue weighted by atomic mass is 35.5. The van der Waals surface area contributed by atoms with Gasteiger partial charge in [0, 0.05) is 24.3 Å². The Bertz CT molecular complexity index is 1220. The summed E-state index contributed by atoms with van der Waals surface area (Å²) in [6.07, 6.45) is 2.28. The molecule has 0 spiro atoms. The lowest BCUT2D eigenvalue weighted by Gasteiger charge is -2.28. The van der Waals surface area contributed by atoms with Crippen molar-refractivity contribution in [1.29, 1.82) is 0 Å². The van der Waals surface area contributed by atoms with Crippen LogP contribution in [0.4, 0.5) is 11.4 Å². The van der Waals surface area contributed by atoms with Crippen molar-refractivity contribution in [2.45, 2.75) is 19.1 Å². The molecule has 3 unspecified atom stereocenters. The Morgan fingerprint density at radius 2 is 1.58 bits per heavy atom. The van der Waals surface area contributed by atoms with Gasteiger partial charge in [-0.2, -0.15) is 0 Å². The van der Waals surface area contributed by atoms with E-state index in [1.807, 2.05) is 0 Å². The van der Waals surface area contributed by atoms with Gasteiger partial charge in [-0.15, -0.1) is 0 Å². The second-order valence-corrected chi connectivity index (χ2v) is 8.12. The normalized spacial score (nSPS) is 21.9. The van der Waals surface area contributed by atoms with Gasteiger partial charge in [-0.1, -0.05) is 11.6 Å². The number of nitrogens with zero attached hydrogens (tertiary/aromatic N) is 3. The minimum absolute atomic E-state index is 0.324. The molecule has 2 saturated heterocycles. The molecule has 2 aliphatic rings. The van der Waals surface area contributed by atoms with Crippen molar-refractivity contribution in [3.05, 3.63) is 83.6 Å². The molecule has 2 fully saturated rings. The largest absolute Gasteiger partial charge is 0.427 e. The number of carbonyl (C=O) groups excluding carboxylic acids is 3. The summed E-state index contributed by atoms with van der Waals surface area (Å²) in [5.74, 6) is -1.72. The smallest absolute Gasteiger partial charge is 0.308 e. The summed E-state index contributed by atoms with van der Waals surface area (Å²) in [4.78, 5) is 49.3. The summed E-state index contributed by atoms with van der Waals surface area (Å²) in [7, 11) is 0. The van der Waals surface area contributed by atoms with Gasteiger partial charge in [-0.3, -0.25) is 24.2 Å². The Morgan fingerprint density at radius 1 is 0.939 bits per heavy atom. The van der Waals surface area contributed by atoms with E-state index in [1.54, 1.807) is 66.0 Å². The maximum Gasteiger partial charge on any atom is 0.308 e. The second kappa shape index (κ2) is 8.31. The van der Waals surface area contributed by atoms with Crippen LogP contribution in [-0.4, -0.2) is 28.9 Å². The van der Waals surface area contributed by atoms with Gasteiger partial charge < -0.3 is 4.74 Å². The number of benzene rings is 2. The van der Waals surface area contributed by atoms with E-state index in [4.69, 9.17) is 21.2 Å². The third-order valence-electron chi connectivity index (χ3n) is 5.60. The average Bonchev–Trinajstić information content (AvgIpc) is 3.31. The number of pyridine rings is 1. The lowest BCUT2D eigenvalue weighted by molar-refractivity contribution is -0.132. The van der Waals surface area contributed by atoms with Crippen molar-refractivity contribution in [3.8, 4) is 5.75 Å². The van der Waals surface area contributed by atoms with E-state index in [0.717, 1.165) is 10.5 Å². The average molecular weight is 464 g/mol. The quantitative estimate of drug-likeness (QED) is 0.331. The number of aromatic nitrogens is 1. The first-order valence-corrected chi connectivity index (χ1v) is 10.6. The molecule has 0 N–H and O–H groups in total.